The highest BCUT2D eigenvalue weighted by Gasteiger charge is 2.31. The summed E-state index contributed by atoms with van der Waals surface area (Å²) in [7, 11) is 1.66. The van der Waals surface area contributed by atoms with Gasteiger partial charge in [0.2, 0.25) is 5.88 Å². The van der Waals surface area contributed by atoms with Gasteiger partial charge in [0.05, 0.1) is 0 Å². The number of H-pyrrole nitrogens is 1. The highest BCUT2D eigenvalue weighted by Crippen LogP contribution is 2.41. The zero-order valence-electron chi connectivity index (χ0n) is 23.9. The number of benzene rings is 2. The minimum Gasteiger partial charge on any atom is -0.438 e. The standard InChI is InChI=1S/C33H34N4O4/c1-6-33(40,22-14-9-8-10-15-22)23-16-25(31(35-18-23)41-29-20(3)12-11-13-21(29)4)26-19-37(5)32(39)28-24(26)17-27(36-28)30(38)34-7-2/h8-19,36,40H,6-7H2,1-5H3,(H,34,38). The second-order valence-electron chi connectivity index (χ2n) is 10.3. The topological polar surface area (TPSA) is 109 Å². The molecule has 0 bridgehead atoms. The van der Waals surface area contributed by atoms with Gasteiger partial charge in [0.1, 0.15) is 22.6 Å². The van der Waals surface area contributed by atoms with Crippen molar-refractivity contribution in [3.05, 3.63) is 111 Å². The second kappa shape index (κ2) is 11.1. The third-order valence-electron chi connectivity index (χ3n) is 7.54. The molecule has 0 aliphatic rings. The van der Waals surface area contributed by atoms with E-state index in [9.17, 15) is 14.7 Å². The minimum atomic E-state index is -1.32. The Hall–Kier alpha value is -4.69. The first-order valence-electron chi connectivity index (χ1n) is 13.7. The van der Waals surface area contributed by atoms with Crippen LogP contribution in [0.4, 0.5) is 0 Å². The number of amides is 1. The third-order valence-corrected chi connectivity index (χ3v) is 7.54. The van der Waals surface area contributed by atoms with Crippen molar-refractivity contribution in [1.82, 2.24) is 19.9 Å². The smallest absolute Gasteiger partial charge is 0.274 e. The number of carbonyl (C=O) groups is 1. The summed E-state index contributed by atoms with van der Waals surface area (Å²) in [4.78, 5) is 33.6. The Morgan fingerprint density at radius 1 is 1.02 bits per heavy atom. The molecule has 0 aliphatic carbocycles. The number of hydrogen-bond acceptors (Lipinski definition) is 5. The van der Waals surface area contributed by atoms with Crippen LogP contribution in [0.5, 0.6) is 11.6 Å². The van der Waals surface area contributed by atoms with Crippen LogP contribution >= 0.6 is 0 Å². The number of nitrogens with zero attached hydrogens (tertiary/aromatic N) is 2. The molecule has 1 atom stereocenters. The van der Waals surface area contributed by atoms with E-state index >= 15 is 0 Å². The van der Waals surface area contributed by atoms with Gasteiger partial charge in [-0.3, -0.25) is 9.59 Å². The van der Waals surface area contributed by atoms with Crippen LogP contribution in [0, 0.1) is 13.8 Å². The molecule has 0 saturated carbocycles. The number of aliphatic hydroxyl groups is 1. The van der Waals surface area contributed by atoms with Crippen LogP contribution in [0.15, 0.2) is 77.9 Å². The Morgan fingerprint density at radius 2 is 1.73 bits per heavy atom. The number of aryl methyl sites for hydroxylation is 3. The summed E-state index contributed by atoms with van der Waals surface area (Å²) in [5, 5.41) is 15.3. The van der Waals surface area contributed by atoms with E-state index in [1.807, 2.05) is 82.3 Å². The summed E-state index contributed by atoms with van der Waals surface area (Å²) in [6, 6.07) is 18.9. The number of fused-ring (bicyclic) bond motifs is 1. The van der Waals surface area contributed by atoms with Gasteiger partial charge < -0.3 is 24.7 Å². The Morgan fingerprint density at radius 3 is 2.39 bits per heavy atom. The van der Waals surface area contributed by atoms with E-state index in [0.29, 0.717) is 52.2 Å². The maximum Gasteiger partial charge on any atom is 0.274 e. The maximum absolute atomic E-state index is 13.1. The largest absolute Gasteiger partial charge is 0.438 e. The summed E-state index contributed by atoms with van der Waals surface area (Å²) in [5.74, 6) is 0.694. The lowest BCUT2D eigenvalue weighted by Gasteiger charge is -2.28. The molecule has 1 unspecified atom stereocenters. The van der Waals surface area contributed by atoms with E-state index < -0.39 is 5.60 Å². The molecule has 3 N–H and O–H groups in total. The molecule has 1 amide bonds. The summed E-state index contributed by atoms with van der Waals surface area (Å²) in [6.45, 7) is 8.14. The van der Waals surface area contributed by atoms with Gasteiger partial charge in [0.15, 0.2) is 0 Å². The van der Waals surface area contributed by atoms with Crippen LogP contribution in [0.25, 0.3) is 22.0 Å². The summed E-state index contributed by atoms with van der Waals surface area (Å²) in [6.07, 6.45) is 3.76. The van der Waals surface area contributed by atoms with E-state index in [4.69, 9.17) is 9.72 Å². The number of aromatic nitrogens is 3. The van der Waals surface area contributed by atoms with Gasteiger partial charge in [-0.15, -0.1) is 0 Å². The molecule has 3 heterocycles. The quantitative estimate of drug-likeness (QED) is 0.229. The maximum atomic E-state index is 13.1. The fraction of sp³-hybridized carbons (Fsp3) is 0.242. The Kier molecular flexibility index (Phi) is 7.51. The summed E-state index contributed by atoms with van der Waals surface area (Å²) < 4.78 is 7.94. The van der Waals surface area contributed by atoms with Crippen molar-refractivity contribution in [3.8, 4) is 22.8 Å². The van der Waals surface area contributed by atoms with E-state index in [0.717, 1.165) is 16.7 Å². The Bertz CT molecular complexity index is 1790. The van der Waals surface area contributed by atoms with Gasteiger partial charge in [-0.25, -0.2) is 4.98 Å². The van der Waals surface area contributed by atoms with Gasteiger partial charge in [-0.2, -0.15) is 0 Å². The van der Waals surface area contributed by atoms with Gasteiger partial charge in [0, 0.05) is 48.1 Å². The number of pyridine rings is 2. The molecule has 0 fully saturated rings. The highest BCUT2D eigenvalue weighted by molar-refractivity contribution is 6.03. The fourth-order valence-corrected chi connectivity index (χ4v) is 5.22. The molecule has 5 aromatic rings. The van der Waals surface area contributed by atoms with Crippen LogP contribution < -0.4 is 15.6 Å². The van der Waals surface area contributed by atoms with Crippen molar-refractivity contribution in [2.45, 2.75) is 39.7 Å². The Balaban J connectivity index is 1.79. The number of para-hydroxylation sites is 1. The van der Waals surface area contributed by atoms with E-state index in [2.05, 4.69) is 10.3 Å². The molecule has 5 rings (SSSR count). The second-order valence-corrected chi connectivity index (χ2v) is 10.3. The zero-order chi connectivity index (χ0) is 29.3. The number of ether oxygens (including phenoxy) is 1. The van der Waals surface area contributed by atoms with Gasteiger partial charge in [0.25, 0.3) is 11.5 Å². The average molecular weight is 551 g/mol. The first-order chi connectivity index (χ1) is 19.7. The predicted octanol–water partition coefficient (Wildman–Crippen LogP) is 5.73. The van der Waals surface area contributed by atoms with Crippen molar-refractivity contribution in [1.29, 1.82) is 0 Å². The van der Waals surface area contributed by atoms with Crippen LogP contribution in [-0.2, 0) is 12.6 Å². The molecule has 0 radical (unpaired) electrons. The zero-order valence-corrected chi connectivity index (χ0v) is 23.9. The van der Waals surface area contributed by atoms with Crippen molar-refractivity contribution >= 4 is 16.8 Å². The van der Waals surface area contributed by atoms with Gasteiger partial charge in [-0.05, 0) is 56.0 Å². The first-order valence-corrected chi connectivity index (χ1v) is 13.7. The lowest BCUT2D eigenvalue weighted by atomic mass is 9.84. The normalized spacial score (nSPS) is 12.7. The molecule has 41 heavy (non-hydrogen) atoms. The molecule has 0 spiro atoms. The van der Waals surface area contributed by atoms with Crippen LogP contribution in [0.1, 0.15) is 53.0 Å². The molecule has 8 nitrogen and oxygen atoms in total. The van der Waals surface area contributed by atoms with Crippen LogP contribution in [-0.4, -0.2) is 32.1 Å². The van der Waals surface area contributed by atoms with Crippen LogP contribution in [0.3, 0.4) is 0 Å². The van der Waals surface area contributed by atoms with Crippen molar-refractivity contribution < 1.29 is 14.6 Å². The number of carbonyl (C=O) groups excluding carboxylic acids is 1. The molecule has 210 valence electrons. The summed E-state index contributed by atoms with van der Waals surface area (Å²) in [5.41, 5.74) is 3.42. The van der Waals surface area contributed by atoms with Gasteiger partial charge in [-0.1, -0.05) is 55.5 Å². The molecule has 3 aromatic heterocycles. The highest BCUT2D eigenvalue weighted by atomic mass is 16.5. The van der Waals surface area contributed by atoms with Crippen molar-refractivity contribution in [3.63, 3.8) is 0 Å². The SMILES string of the molecule is CCNC(=O)c1cc2c(-c3cc(C(O)(CC)c4ccccc4)cnc3Oc3c(C)cccc3C)cn(C)c(=O)c2[nH]1. The molecular formula is C33H34N4O4. The molecule has 0 aliphatic heterocycles. The molecular weight excluding hydrogens is 516 g/mol. The van der Waals surface area contributed by atoms with Crippen LogP contribution in [0.2, 0.25) is 0 Å². The molecule has 2 aromatic carbocycles. The number of rotatable bonds is 8. The van der Waals surface area contributed by atoms with E-state index in [1.165, 1.54) is 4.57 Å². The number of nitrogens with one attached hydrogen (secondary N) is 2. The van der Waals surface area contributed by atoms with Crippen molar-refractivity contribution in [2.75, 3.05) is 6.54 Å². The average Bonchev–Trinajstić information content (AvgIpc) is 3.43. The van der Waals surface area contributed by atoms with Crippen molar-refractivity contribution in [2.24, 2.45) is 7.05 Å². The summed E-state index contributed by atoms with van der Waals surface area (Å²) >= 11 is 0. The van der Waals surface area contributed by atoms with Gasteiger partial charge >= 0.3 is 0 Å². The fourth-order valence-electron chi connectivity index (χ4n) is 5.22. The third kappa shape index (κ3) is 5.02. The Labute approximate surface area is 238 Å². The molecule has 0 saturated heterocycles. The van der Waals surface area contributed by atoms with E-state index in [-0.39, 0.29) is 17.2 Å². The monoisotopic (exact) mass is 550 g/mol. The number of hydrogen-bond donors (Lipinski definition) is 3. The number of aromatic amines is 1. The first kappa shape index (κ1) is 27.9. The molecule has 8 heteroatoms. The van der Waals surface area contributed by atoms with E-state index in [1.54, 1.807) is 25.5 Å². The predicted molar refractivity (Wildman–Crippen MR) is 160 cm³/mol. The lowest BCUT2D eigenvalue weighted by molar-refractivity contribution is 0.0761. The lowest BCUT2D eigenvalue weighted by Crippen LogP contribution is -2.26. The minimum absolute atomic E-state index is 0.269.